The first-order chi connectivity index (χ1) is 13.3. The van der Waals surface area contributed by atoms with Gasteiger partial charge in [0.05, 0.1) is 34.1 Å². The van der Waals surface area contributed by atoms with Crippen LogP contribution in [0.3, 0.4) is 0 Å². The highest BCUT2D eigenvalue weighted by Gasteiger charge is 2.13. The number of aryl methyl sites for hydroxylation is 1. The molecule has 1 saturated heterocycles. The summed E-state index contributed by atoms with van der Waals surface area (Å²) in [5, 5.41) is 6.71. The highest BCUT2D eigenvalue weighted by molar-refractivity contribution is 7.18. The Morgan fingerprint density at radius 1 is 1.22 bits per heavy atom. The molecule has 0 spiro atoms. The van der Waals surface area contributed by atoms with Crippen LogP contribution in [0, 0.1) is 0 Å². The predicted octanol–water partition coefficient (Wildman–Crippen LogP) is 3.55. The number of anilines is 1. The van der Waals surface area contributed by atoms with Crippen LogP contribution in [0.2, 0.25) is 0 Å². The summed E-state index contributed by atoms with van der Waals surface area (Å²) in [6.07, 6.45) is 2.10. The van der Waals surface area contributed by atoms with Crippen LogP contribution in [0.1, 0.15) is 23.5 Å². The molecule has 1 aliphatic rings. The molecule has 0 saturated carbocycles. The van der Waals surface area contributed by atoms with Gasteiger partial charge in [0.2, 0.25) is 5.91 Å². The number of nitrogens with one attached hydrogen (secondary N) is 1. The van der Waals surface area contributed by atoms with Crippen molar-refractivity contribution in [1.29, 1.82) is 0 Å². The lowest BCUT2D eigenvalue weighted by Crippen LogP contribution is -2.35. The van der Waals surface area contributed by atoms with Gasteiger partial charge in [-0.25, -0.2) is 9.97 Å². The number of benzene rings is 1. The molecule has 4 rings (SSSR count). The van der Waals surface area contributed by atoms with Crippen molar-refractivity contribution in [1.82, 2.24) is 14.9 Å². The number of thiazole rings is 2. The van der Waals surface area contributed by atoms with Crippen LogP contribution in [0.4, 0.5) is 5.13 Å². The van der Waals surface area contributed by atoms with Crippen molar-refractivity contribution in [3.8, 4) is 0 Å². The molecule has 0 unspecified atom stereocenters. The summed E-state index contributed by atoms with van der Waals surface area (Å²) in [4.78, 5) is 23.7. The highest BCUT2D eigenvalue weighted by atomic mass is 32.1. The summed E-state index contributed by atoms with van der Waals surface area (Å²) in [6, 6.07) is 8.14. The van der Waals surface area contributed by atoms with Crippen molar-refractivity contribution in [2.75, 3.05) is 31.6 Å². The molecule has 0 atom stereocenters. The second-order valence-electron chi connectivity index (χ2n) is 6.51. The number of rotatable bonds is 7. The van der Waals surface area contributed by atoms with E-state index >= 15 is 0 Å². The van der Waals surface area contributed by atoms with E-state index in [2.05, 4.69) is 26.3 Å². The summed E-state index contributed by atoms with van der Waals surface area (Å²) in [5.41, 5.74) is 2.05. The molecule has 0 aliphatic carbocycles. The summed E-state index contributed by atoms with van der Waals surface area (Å²) in [5.74, 6) is 0.0170. The Hall–Kier alpha value is -1.87. The fraction of sp³-hybridized carbons (Fsp3) is 0.421. The number of aromatic nitrogens is 2. The Balaban J connectivity index is 1.22. The van der Waals surface area contributed by atoms with Gasteiger partial charge in [0.15, 0.2) is 5.13 Å². The zero-order valence-electron chi connectivity index (χ0n) is 15.0. The minimum absolute atomic E-state index is 0.0170. The summed E-state index contributed by atoms with van der Waals surface area (Å²) >= 11 is 3.19. The van der Waals surface area contributed by atoms with Gasteiger partial charge in [0, 0.05) is 31.4 Å². The van der Waals surface area contributed by atoms with Gasteiger partial charge in [-0.3, -0.25) is 9.69 Å². The zero-order valence-corrected chi connectivity index (χ0v) is 16.7. The van der Waals surface area contributed by atoms with Gasteiger partial charge >= 0.3 is 0 Å². The minimum atomic E-state index is 0.0170. The Morgan fingerprint density at radius 2 is 2.07 bits per heavy atom. The SMILES string of the molecule is O=C(CCCc1nc2ccccc2s1)Nc1nc(CN2CCOCC2)cs1. The van der Waals surface area contributed by atoms with Crippen LogP contribution in [0.15, 0.2) is 29.6 Å². The highest BCUT2D eigenvalue weighted by Crippen LogP contribution is 2.23. The molecule has 8 heteroatoms. The summed E-state index contributed by atoms with van der Waals surface area (Å²) < 4.78 is 6.56. The average molecular weight is 403 g/mol. The molecule has 27 heavy (non-hydrogen) atoms. The number of ether oxygens (including phenoxy) is 1. The van der Waals surface area contributed by atoms with E-state index in [-0.39, 0.29) is 5.91 Å². The number of carbonyl (C=O) groups is 1. The van der Waals surface area contributed by atoms with Gasteiger partial charge in [-0.1, -0.05) is 12.1 Å². The smallest absolute Gasteiger partial charge is 0.226 e. The number of para-hydroxylation sites is 1. The number of fused-ring (bicyclic) bond motifs is 1. The Bertz CT molecular complexity index is 869. The van der Waals surface area contributed by atoms with Crippen molar-refractivity contribution < 1.29 is 9.53 Å². The molecule has 1 aromatic carbocycles. The lowest BCUT2D eigenvalue weighted by Gasteiger charge is -2.25. The molecule has 6 nitrogen and oxygen atoms in total. The molecule has 1 amide bonds. The second-order valence-corrected chi connectivity index (χ2v) is 8.48. The van der Waals surface area contributed by atoms with Crippen LogP contribution < -0.4 is 5.32 Å². The molecule has 0 bridgehead atoms. The predicted molar refractivity (Wildman–Crippen MR) is 109 cm³/mol. The first kappa shape index (κ1) is 18.5. The third-order valence-electron chi connectivity index (χ3n) is 4.42. The fourth-order valence-corrected chi connectivity index (χ4v) is 4.76. The number of nitrogens with zero attached hydrogens (tertiary/aromatic N) is 3. The van der Waals surface area contributed by atoms with Crippen molar-refractivity contribution >= 4 is 43.9 Å². The van der Waals surface area contributed by atoms with Gasteiger partial charge in [0.1, 0.15) is 0 Å². The third-order valence-corrected chi connectivity index (χ3v) is 6.32. The molecule has 1 fully saturated rings. The minimum Gasteiger partial charge on any atom is -0.379 e. The molecule has 0 radical (unpaired) electrons. The maximum Gasteiger partial charge on any atom is 0.226 e. The normalized spacial score (nSPS) is 15.3. The van der Waals surface area contributed by atoms with Crippen molar-refractivity contribution in [2.24, 2.45) is 0 Å². The van der Waals surface area contributed by atoms with E-state index in [1.165, 1.54) is 16.0 Å². The lowest BCUT2D eigenvalue weighted by atomic mass is 10.2. The lowest BCUT2D eigenvalue weighted by molar-refractivity contribution is -0.116. The number of morpholine rings is 1. The Morgan fingerprint density at radius 3 is 2.93 bits per heavy atom. The largest absolute Gasteiger partial charge is 0.379 e. The fourth-order valence-electron chi connectivity index (χ4n) is 3.03. The van der Waals surface area contributed by atoms with Gasteiger partial charge in [-0.2, -0.15) is 0 Å². The first-order valence-corrected chi connectivity index (χ1v) is 10.8. The summed E-state index contributed by atoms with van der Waals surface area (Å²) in [7, 11) is 0. The van der Waals surface area contributed by atoms with Crippen LogP contribution in [0.25, 0.3) is 10.2 Å². The third kappa shape index (κ3) is 5.10. The number of amides is 1. The topological polar surface area (TPSA) is 67.4 Å². The first-order valence-electron chi connectivity index (χ1n) is 9.15. The van der Waals surface area contributed by atoms with Crippen LogP contribution in [-0.2, 0) is 22.5 Å². The molecule has 3 aromatic rings. The van der Waals surface area contributed by atoms with Gasteiger partial charge < -0.3 is 10.1 Å². The van der Waals surface area contributed by atoms with Crippen LogP contribution >= 0.6 is 22.7 Å². The van der Waals surface area contributed by atoms with E-state index in [0.29, 0.717) is 11.6 Å². The standard InChI is InChI=1S/C19H22N4O2S2/c24-17(6-3-7-18-21-15-4-1-2-5-16(15)27-18)22-19-20-14(13-26-19)12-23-8-10-25-11-9-23/h1-2,4-5,13H,3,6-12H2,(H,20,22,24). The molecular weight excluding hydrogens is 380 g/mol. The Kier molecular flexibility index (Phi) is 6.08. The quantitative estimate of drug-likeness (QED) is 0.655. The molecule has 3 heterocycles. The molecule has 142 valence electrons. The van der Waals surface area contributed by atoms with E-state index in [4.69, 9.17) is 4.74 Å². The molecule has 2 aromatic heterocycles. The van der Waals surface area contributed by atoms with Crippen molar-refractivity contribution in [2.45, 2.75) is 25.8 Å². The number of hydrogen-bond acceptors (Lipinski definition) is 7. The van der Waals surface area contributed by atoms with E-state index in [1.54, 1.807) is 11.3 Å². The van der Waals surface area contributed by atoms with Gasteiger partial charge in [-0.05, 0) is 25.0 Å². The number of hydrogen-bond donors (Lipinski definition) is 1. The summed E-state index contributed by atoms with van der Waals surface area (Å²) in [6.45, 7) is 4.24. The second kappa shape index (κ2) is 8.88. The van der Waals surface area contributed by atoms with Gasteiger partial charge in [-0.15, -0.1) is 22.7 Å². The van der Waals surface area contributed by atoms with Crippen molar-refractivity contribution in [3.63, 3.8) is 0 Å². The van der Waals surface area contributed by atoms with E-state index in [1.807, 2.05) is 23.6 Å². The zero-order chi connectivity index (χ0) is 18.5. The van der Waals surface area contributed by atoms with Crippen molar-refractivity contribution in [3.05, 3.63) is 40.3 Å². The molecule has 1 N–H and O–H groups in total. The monoisotopic (exact) mass is 402 g/mol. The van der Waals surface area contributed by atoms with Crippen LogP contribution in [0.5, 0.6) is 0 Å². The van der Waals surface area contributed by atoms with Crippen LogP contribution in [-0.4, -0.2) is 47.1 Å². The van der Waals surface area contributed by atoms with E-state index in [9.17, 15) is 4.79 Å². The Labute approximate surface area is 166 Å². The van der Waals surface area contributed by atoms with E-state index < -0.39 is 0 Å². The maximum absolute atomic E-state index is 12.2. The number of carbonyl (C=O) groups excluding carboxylic acids is 1. The molecular formula is C19H22N4O2S2. The van der Waals surface area contributed by atoms with E-state index in [0.717, 1.165) is 61.9 Å². The molecule has 1 aliphatic heterocycles. The van der Waals surface area contributed by atoms with Gasteiger partial charge in [0.25, 0.3) is 0 Å². The maximum atomic E-state index is 12.2. The average Bonchev–Trinajstić information content (AvgIpc) is 3.28.